The molecule has 1 atom stereocenters. The van der Waals surface area contributed by atoms with Crippen LogP contribution in [0, 0.1) is 12.7 Å². The van der Waals surface area contributed by atoms with E-state index >= 15 is 0 Å². The van der Waals surface area contributed by atoms with Gasteiger partial charge in [0, 0.05) is 4.88 Å². The molecule has 18 heavy (non-hydrogen) atoms. The van der Waals surface area contributed by atoms with Crippen molar-refractivity contribution in [2.24, 2.45) is 0 Å². The first-order valence-electron chi connectivity index (χ1n) is 5.85. The van der Waals surface area contributed by atoms with Crippen LogP contribution in [0.3, 0.4) is 0 Å². The highest BCUT2D eigenvalue weighted by Gasteiger charge is 2.15. The highest BCUT2D eigenvalue weighted by Crippen LogP contribution is 2.28. The van der Waals surface area contributed by atoms with Gasteiger partial charge in [-0.3, -0.25) is 0 Å². The quantitative estimate of drug-likeness (QED) is 0.868. The van der Waals surface area contributed by atoms with Crippen LogP contribution in [-0.4, -0.2) is 6.54 Å². The molecule has 1 N–H and O–H groups in total. The molecule has 2 rings (SSSR count). The molecule has 0 saturated heterocycles. The number of halogens is 2. The maximum Gasteiger partial charge on any atom is 0.142 e. The second kappa shape index (κ2) is 5.83. The number of hydrogen-bond donors (Lipinski definition) is 1. The van der Waals surface area contributed by atoms with E-state index in [1.54, 1.807) is 17.4 Å². The number of benzene rings is 1. The van der Waals surface area contributed by atoms with E-state index in [0.29, 0.717) is 0 Å². The van der Waals surface area contributed by atoms with Crippen molar-refractivity contribution in [3.05, 3.63) is 56.5 Å². The summed E-state index contributed by atoms with van der Waals surface area (Å²) in [4.78, 5) is 1.25. The van der Waals surface area contributed by atoms with Crippen molar-refractivity contribution in [2.45, 2.75) is 19.9 Å². The fraction of sp³-hybridized carbons (Fsp3) is 0.286. The van der Waals surface area contributed by atoms with Crippen LogP contribution >= 0.6 is 22.9 Å². The van der Waals surface area contributed by atoms with Crippen molar-refractivity contribution in [1.82, 2.24) is 5.32 Å². The van der Waals surface area contributed by atoms with Gasteiger partial charge in [0.2, 0.25) is 0 Å². The molecule has 0 aliphatic rings. The molecule has 1 aromatic heterocycles. The molecular formula is C14H15ClFNS. The molecule has 1 nitrogen and oxygen atoms in total. The van der Waals surface area contributed by atoms with Crippen molar-refractivity contribution >= 4 is 22.9 Å². The molecule has 0 saturated carbocycles. The van der Waals surface area contributed by atoms with Gasteiger partial charge < -0.3 is 5.32 Å². The van der Waals surface area contributed by atoms with Crippen LogP contribution in [0.2, 0.25) is 5.02 Å². The summed E-state index contributed by atoms with van der Waals surface area (Å²) in [6.45, 7) is 4.93. The normalized spacial score (nSPS) is 12.7. The molecule has 0 fully saturated rings. The molecule has 0 amide bonds. The third-order valence-corrected chi connectivity index (χ3v) is 3.96. The van der Waals surface area contributed by atoms with Gasteiger partial charge in [-0.25, -0.2) is 4.39 Å². The first kappa shape index (κ1) is 13.5. The molecule has 96 valence electrons. The Kier molecular flexibility index (Phi) is 4.38. The van der Waals surface area contributed by atoms with Gasteiger partial charge in [0.05, 0.1) is 11.1 Å². The summed E-state index contributed by atoms with van der Waals surface area (Å²) >= 11 is 7.42. The fourth-order valence-electron chi connectivity index (χ4n) is 1.94. The van der Waals surface area contributed by atoms with Gasteiger partial charge in [-0.05, 0) is 48.2 Å². The van der Waals surface area contributed by atoms with Gasteiger partial charge in [-0.2, -0.15) is 0 Å². The van der Waals surface area contributed by atoms with E-state index in [0.717, 1.165) is 12.1 Å². The van der Waals surface area contributed by atoms with E-state index in [4.69, 9.17) is 11.6 Å². The zero-order valence-corrected chi connectivity index (χ0v) is 11.9. The molecule has 1 heterocycles. The summed E-state index contributed by atoms with van der Waals surface area (Å²) < 4.78 is 13.5. The average Bonchev–Trinajstić information content (AvgIpc) is 2.76. The van der Waals surface area contributed by atoms with Gasteiger partial charge in [-0.1, -0.05) is 24.6 Å². The predicted molar refractivity (Wildman–Crippen MR) is 76.0 cm³/mol. The summed E-state index contributed by atoms with van der Waals surface area (Å²) in [7, 11) is 0. The topological polar surface area (TPSA) is 12.0 Å². The average molecular weight is 284 g/mol. The van der Waals surface area contributed by atoms with E-state index in [-0.39, 0.29) is 16.9 Å². The predicted octanol–water partition coefficient (Wildman–Crippen LogP) is 4.55. The number of rotatable bonds is 4. The van der Waals surface area contributed by atoms with Crippen LogP contribution < -0.4 is 5.32 Å². The van der Waals surface area contributed by atoms with E-state index in [9.17, 15) is 4.39 Å². The summed E-state index contributed by atoms with van der Waals surface area (Å²) in [5, 5.41) is 5.64. The minimum Gasteiger partial charge on any atom is -0.307 e. The van der Waals surface area contributed by atoms with Crippen molar-refractivity contribution in [3.63, 3.8) is 0 Å². The summed E-state index contributed by atoms with van der Waals surface area (Å²) in [6.07, 6.45) is 0. The maximum atomic E-state index is 13.5. The van der Waals surface area contributed by atoms with Gasteiger partial charge in [-0.15, -0.1) is 11.3 Å². The molecule has 2 aromatic rings. The molecule has 0 spiro atoms. The fourth-order valence-corrected chi connectivity index (χ4v) is 2.79. The Balaban J connectivity index is 2.37. The SMILES string of the molecule is CCNC(c1csc(C)c1)c1ccc(Cl)c(F)c1. The number of hydrogen-bond acceptors (Lipinski definition) is 2. The number of nitrogens with one attached hydrogen (secondary N) is 1. The largest absolute Gasteiger partial charge is 0.307 e. The second-order valence-electron chi connectivity index (χ2n) is 4.15. The van der Waals surface area contributed by atoms with E-state index in [1.165, 1.54) is 16.5 Å². The molecular weight excluding hydrogens is 269 g/mol. The molecule has 0 radical (unpaired) electrons. The van der Waals surface area contributed by atoms with Crippen molar-refractivity contribution in [1.29, 1.82) is 0 Å². The number of aryl methyl sites for hydroxylation is 1. The lowest BCUT2D eigenvalue weighted by atomic mass is 10.0. The Morgan fingerprint density at radius 2 is 2.11 bits per heavy atom. The Labute approximate surface area is 116 Å². The van der Waals surface area contributed by atoms with Crippen LogP contribution in [-0.2, 0) is 0 Å². The minimum atomic E-state index is -0.371. The molecule has 0 aliphatic carbocycles. The van der Waals surface area contributed by atoms with Crippen LogP contribution in [0.4, 0.5) is 4.39 Å². The lowest BCUT2D eigenvalue weighted by molar-refractivity contribution is 0.604. The lowest BCUT2D eigenvalue weighted by Gasteiger charge is -2.17. The highest BCUT2D eigenvalue weighted by molar-refractivity contribution is 7.10. The van der Waals surface area contributed by atoms with Crippen molar-refractivity contribution < 1.29 is 4.39 Å². The minimum absolute atomic E-state index is 0.0201. The van der Waals surface area contributed by atoms with E-state index in [2.05, 4.69) is 23.7 Å². The maximum absolute atomic E-state index is 13.5. The van der Waals surface area contributed by atoms with Gasteiger partial charge in [0.25, 0.3) is 0 Å². The molecule has 0 aliphatic heterocycles. The Morgan fingerprint density at radius 3 is 2.67 bits per heavy atom. The second-order valence-corrected chi connectivity index (χ2v) is 5.68. The van der Waals surface area contributed by atoms with Gasteiger partial charge in [0.15, 0.2) is 0 Å². The summed E-state index contributed by atoms with van der Waals surface area (Å²) in [5.41, 5.74) is 2.07. The van der Waals surface area contributed by atoms with Crippen LogP contribution in [0.25, 0.3) is 0 Å². The van der Waals surface area contributed by atoms with Gasteiger partial charge >= 0.3 is 0 Å². The Morgan fingerprint density at radius 1 is 1.33 bits per heavy atom. The van der Waals surface area contributed by atoms with Crippen LogP contribution in [0.1, 0.15) is 29.0 Å². The van der Waals surface area contributed by atoms with E-state index < -0.39 is 0 Å². The molecule has 0 bridgehead atoms. The Hall–Kier alpha value is -0.900. The van der Waals surface area contributed by atoms with Crippen molar-refractivity contribution in [2.75, 3.05) is 6.54 Å². The zero-order chi connectivity index (χ0) is 13.1. The van der Waals surface area contributed by atoms with Crippen molar-refractivity contribution in [3.8, 4) is 0 Å². The van der Waals surface area contributed by atoms with E-state index in [1.807, 2.05) is 13.0 Å². The van der Waals surface area contributed by atoms with Crippen LogP contribution in [0.5, 0.6) is 0 Å². The third kappa shape index (κ3) is 2.91. The van der Waals surface area contributed by atoms with Crippen LogP contribution in [0.15, 0.2) is 29.6 Å². The van der Waals surface area contributed by atoms with Gasteiger partial charge in [0.1, 0.15) is 5.82 Å². The highest BCUT2D eigenvalue weighted by atomic mass is 35.5. The third-order valence-electron chi connectivity index (χ3n) is 2.77. The summed E-state index contributed by atoms with van der Waals surface area (Å²) in [5.74, 6) is -0.371. The standard InChI is InChI=1S/C14H15ClFNS/c1-3-17-14(11-6-9(2)18-8-11)10-4-5-12(15)13(16)7-10/h4-8,14,17H,3H2,1-2H3. The Bertz CT molecular complexity index is 538. The first-order chi connectivity index (χ1) is 8.61. The monoisotopic (exact) mass is 283 g/mol. The molecule has 1 aromatic carbocycles. The number of thiophene rings is 1. The first-order valence-corrected chi connectivity index (χ1v) is 7.11. The zero-order valence-electron chi connectivity index (χ0n) is 10.3. The smallest absolute Gasteiger partial charge is 0.142 e. The molecule has 4 heteroatoms. The molecule has 1 unspecified atom stereocenters. The lowest BCUT2D eigenvalue weighted by Crippen LogP contribution is -2.21. The summed E-state index contributed by atoms with van der Waals surface area (Å²) in [6, 6.07) is 7.13.